The third-order valence-corrected chi connectivity index (χ3v) is 4.66. The van der Waals surface area contributed by atoms with E-state index in [0.717, 1.165) is 30.6 Å². The highest BCUT2D eigenvalue weighted by Gasteiger charge is 2.22. The smallest absolute Gasteiger partial charge is 0.0587 e. The molecule has 20 heavy (non-hydrogen) atoms. The molecule has 1 N–H and O–H groups in total. The lowest BCUT2D eigenvalue weighted by Gasteiger charge is -2.22. The fourth-order valence-corrected chi connectivity index (χ4v) is 3.52. The van der Waals surface area contributed by atoms with Gasteiger partial charge in [-0.1, -0.05) is 55.5 Å². The van der Waals surface area contributed by atoms with E-state index in [4.69, 9.17) is 16.3 Å². The monoisotopic (exact) mass is 295 g/mol. The second-order valence-corrected chi connectivity index (χ2v) is 6.21. The minimum Gasteiger partial charge on any atom is -0.383 e. The van der Waals surface area contributed by atoms with Crippen molar-refractivity contribution in [2.24, 2.45) is 5.92 Å². The van der Waals surface area contributed by atoms with Crippen molar-refractivity contribution in [3.63, 3.8) is 0 Å². The lowest BCUT2D eigenvalue weighted by molar-refractivity contribution is 0.198. The lowest BCUT2D eigenvalue weighted by Crippen LogP contribution is -2.26. The van der Waals surface area contributed by atoms with Crippen LogP contribution in [0.5, 0.6) is 0 Å². The van der Waals surface area contributed by atoms with Crippen LogP contribution in [0, 0.1) is 5.92 Å². The van der Waals surface area contributed by atoms with Crippen LogP contribution >= 0.6 is 11.6 Å². The molecule has 1 fully saturated rings. The second kappa shape index (κ2) is 8.66. The van der Waals surface area contributed by atoms with E-state index in [-0.39, 0.29) is 0 Å². The molecule has 1 aromatic rings. The average molecular weight is 296 g/mol. The van der Waals surface area contributed by atoms with Gasteiger partial charge in [-0.15, -0.1) is 0 Å². The van der Waals surface area contributed by atoms with Crippen molar-refractivity contribution in [3.05, 3.63) is 34.9 Å². The predicted molar refractivity (Wildman–Crippen MR) is 85.5 cm³/mol. The maximum Gasteiger partial charge on any atom is 0.0587 e. The van der Waals surface area contributed by atoms with Gasteiger partial charge in [0.2, 0.25) is 0 Å². The fourth-order valence-electron chi connectivity index (χ4n) is 3.23. The summed E-state index contributed by atoms with van der Waals surface area (Å²) in [4.78, 5) is 0. The summed E-state index contributed by atoms with van der Waals surface area (Å²) in [5, 5.41) is 4.41. The van der Waals surface area contributed by atoms with E-state index in [9.17, 15) is 0 Å². The first-order chi connectivity index (χ1) is 9.81. The molecule has 1 atom stereocenters. The molecule has 112 valence electrons. The quantitative estimate of drug-likeness (QED) is 0.724. The first kappa shape index (κ1) is 15.8. The Morgan fingerprint density at radius 3 is 2.75 bits per heavy atom. The van der Waals surface area contributed by atoms with E-state index in [0.29, 0.717) is 5.92 Å². The highest BCUT2D eigenvalue weighted by molar-refractivity contribution is 6.31. The Bertz CT molecular complexity index is 390. The summed E-state index contributed by atoms with van der Waals surface area (Å²) < 4.78 is 5.10. The van der Waals surface area contributed by atoms with Gasteiger partial charge in [0, 0.05) is 25.2 Å². The fraction of sp³-hybridized carbons (Fsp3) is 0.647. The molecule has 0 saturated heterocycles. The van der Waals surface area contributed by atoms with Gasteiger partial charge in [-0.05, 0) is 29.9 Å². The van der Waals surface area contributed by atoms with Crippen LogP contribution in [-0.4, -0.2) is 26.8 Å². The van der Waals surface area contributed by atoms with Gasteiger partial charge in [0.1, 0.15) is 0 Å². The highest BCUT2D eigenvalue weighted by Crippen LogP contribution is 2.35. The van der Waals surface area contributed by atoms with E-state index in [1.807, 2.05) is 12.1 Å². The van der Waals surface area contributed by atoms with Crippen LogP contribution in [0.1, 0.15) is 43.6 Å². The molecule has 1 aliphatic carbocycles. The second-order valence-electron chi connectivity index (χ2n) is 5.80. The Morgan fingerprint density at radius 2 is 2.05 bits per heavy atom. The minimum atomic E-state index is 0.517. The van der Waals surface area contributed by atoms with Crippen LogP contribution in [0.25, 0.3) is 0 Å². The highest BCUT2D eigenvalue weighted by atomic mass is 35.5. The molecule has 0 heterocycles. The summed E-state index contributed by atoms with van der Waals surface area (Å²) in [6.45, 7) is 2.66. The average Bonchev–Trinajstić information content (AvgIpc) is 2.96. The molecular weight excluding hydrogens is 270 g/mol. The zero-order chi connectivity index (χ0) is 14.2. The lowest BCUT2D eigenvalue weighted by atomic mass is 9.88. The molecule has 1 saturated carbocycles. The Kier molecular flexibility index (Phi) is 6.85. The molecule has 1 aliphatic rings. The topological polar surface area (TPSA) is 21.3 Å². The van der Waals surface area contributed by atoms with Gasteiger partial charge in [-0.3, -0.25) is 0 Å². The standard InChI is InChI=1S/C17H26ClNO/c1-20-11-10-19-13-15(12-14-6-2-3-7-14)16-8-4-5-9-17(16)18/h4-5,8-9,14-15,19H,2-3,6-7,10-13H2,1H3. The SMILES string of the molecule is COCCNCC(CC1CCCC1)c1ccccc1Cl. The number of ether oxygens (including phenoxy) is 1. The van der Waals surface area contributed by atoms with Crippen molar-refractivity contribution in [1.29, 1.82) is 0 Å². The number of hydrogen-bond donors (Lipinski definition) is 1. The molecule has 1 aromatic carbocycles. The van der Waals surface area contributed by atoms with Crippen molar-refractivity contribution >= 4 is 11.6 Å². The summed E-state index contributed by atoms with van der Waals surface area (Å²) in [5.41, 5.74) is 1.30. The van der Waals surface area contributed by atoms with E-state index in [1.165, 1.54) is 37.7 Å². The number of hydrogen-bond acceptors (Lipinski definition) is 2. The maximum absolute atomic E-state index is 6.39. The van der Waals surface area contributed by atoms with E-state index in [2.05, 4.69) is 17.4 Å². The first-order valence-corrected chi connectivity index (χ1v) is 8.13. The summed E-state index contributed by atoms with van der Waals surface area (Å²) in [6.07, 6.45) is 6.83. The van der Waals surface area contributed by atoms with Gasteiger partial charge >= 0.3 is 0 Å². The summed E-state index contributed by atoms with van der Waals surface area (Å²) in [5.74, 6) is 1.39. The van der Waals surface area contributed by atoms with Crippen LogP contribution in [0.3, 0.4) is 0 Å². The molecule has 0 amide bonds. The van der Waals surface area contributed by atoms with Crippen LogP contribution in [0.4, 0.5) is 0 Å². The molecule has 0 aromatic heterocycles. The Balaban J connectivity index is 1.97. The van der Waals surface area contributed by atoms with E-state index in [1.54, 1.807) is 7.11 Å². The zero-order valence-electron chi connectivity index (χ0n) is 12.4. The number of methoxy groups -OCH3 is 1. The van der Waals surface area contributed by atoms with Crippen molar-refractivity contribution in [3.8, 4) is 0 Å². The molecular formula is C17H26ClNO. The van der Waals surface area contributed by atoms with Crippen molar-refractivity contribution in [2.45, 2.75) is 38.0 Å². The normalized spacial score (nSPS) is 17.5. The van der Waals surface area contributed by atoms with E-state index >= 15 is 0 Å². The maximum atomic E-state index is 6.39. The number of benzene rings is 1. The molecule has 3 heteroatoms. The van der Waals surface area contributed by atoms with Crippen LogP contribution in [-0.2, 0) is 4.74 Å². The van der Waals surface area contributed by atoms with Crippen LogP contribution in [0.15, 0.2) is 24.3 Å². The number of halogens is 1. The molecule has 0 bridgehead atoms. The zero-order valence-corrected chi connectivity index (χ0v) is 13.2. The van der Waals surface area contributed by atoms with Gasteiger partial charge in [0.05, 0.1) is 6.61 Å². The Labute approximate surface area is 127 Å². The van der Waals surface area contributed by atoms with Crippen LogP contribution in [0.2, 0.25) is 5.02 Å². The Morgan fingerprint density at radius 1 is 1.30 bits per heavy atom. The summed E-state index contributed by atoms with van der Waals surface area (Å²) in [7, 11) is 1.74. The number of nitrogens with one attached hydrogen (secondary N) is 1. The largest absolute Gasteiger partial charge is 0.383 e. The van der Waals surface area contributed by atoms with Gasteiger partial charge in [0.25, 0.3) is 0 Å². The van der Waals surface area contributed by atoms with Gasteiger partial charge in [-0.25, -0.2) is 0 Å². The van der Waals surface area contributed by atoms with Crippen molar-refractivity contribution in [1.82, 2.24) is 5.32 Å². The first-order valence-electron chi connectivity index (χ1n) is 7.75. The van der Waals surface area contributed by atoms with Crippen molar-refractivity contribution < 1.29 is 4.74 Å². The molecule has 0 spiro atoms. The van der Waals surface area contributed by atoms with Crippen molar-refractivity contribution in [2.75, 3.05) is 26.8 Å². The summed E-state index contributed by atoms with van der Waals surface area (Å²) >= 11 is 6.39. The molecule has 0 radical (unpaired) electrons. The van der Waals surface area contributed by atoms with Gasteiger partial charge in [0.15, 0.2) is 0 Å². The molecule has 1 unspecified atom stereocenters. The van der Waals surface area contributed by atoms with Crippen LogP contribution < -0.4 is 5.32 Å². The number of rotatable bonds is 8. The predicted octanol–water partition coefficient (Wildman–Crippen LogP) is 4.24. The third kappa shape index (κ3) is 4.76. The molecule has 2 nitrogen and oxygen atoms in total. The molecule has 2 rings (SSSR count). The van der Waals surface area contributed by atoms with Gasteiger partial charge < -0.3 is 10.1 Å². The third-order valence-electron chi connectivity index (χ3n) is 4.31. The molecule has 0 aliphatic heterocycles. The summed E-state index contributed by atoms with van der Waals surface area (Å²) in [6, 6.07) is 8.29. The minimum absolute atomic E-state index is 0.517. The van der Waals surface area contributed by atoms with E-state index < -0.39 is 0 Å². The van der Waals surface area contributed by atoms with Gasteiger partial charge in [-0.2, -0.15) is 0 Å². The Hall–Kier alpha value is -0.570.